The standard InChI is InChI=1S/C30H30N2O8S/c1-6-13-39-20-10-8-9-19(15-20)25(33)23-24(18-11-12-21(37-4)22(16-18)38-5)32(28(35)26(23)34)30-31-17(3)27(41-30)29(36)40-14-7-2/h7-12,15-16,24,33H,2,6,13-14H2,1,3-5H3/b25-23+. The number of carbonyl (C=O) groups excluding carboxylic acids is 3. The molecule has 41 heavy (non-hydrogen) atoms. The number of ether oxygens (including phenoxy) is 4. The summed E-state index contributed by atoms with van der Waals surface area (Å²) in [4.78, 5) is 45.5. The molecule has 11 heteroatoms. The van der Waals surface area contributed by atoms with Crippen LogP contribution in [0.4, 0.5) is 5.13 Å². The molecule has 214 valence electrons. The van der Waals surface area contributed by atoms with Crippen molar-refractivity contribution >= 4 is 39.9 Å². The molecule has 2 heterocycles. The molecule has 0 aliphatic carbocycles. The molecule has 1 N–H and O–H groups in total. The third kappa shape index (κ3) is 5.80. The van der Waals surface area contributed by atoms with Gasteiger partial charge in [-0.1, -0.05) is 49.1 Å². The van der Waals surface area contributed by atoms with Gasteiger partial charge in [-0.3, -0.25) is 14.5 Å². The van der Waals surface area contributed by atoms with E-state index in [4.69, 9.17) is 18.9 Å². The van der Waals surface area contributed by atoms with Crippen molar-refractivity contribution in [1.82, 2.24) is 4.98 Å². The van der Waals surface area contributed by atoms with Crippen molar-refractivity contribution in [3.8, 4) is 17.2 Å². The number of hydrogen-bond acceptors (Lipinski definition) is 10. The van der Waals surface area contributed by atoms with E-state index in [1.54, 1.807) is 49.4 Å². The molecule has 0 bridgehead atoms. The van der Waals surface area contributed by atoms with Gasteiger partial charge in [0.05, 0.1) is 38.1 Å². The zero-order valence-corrected chi connectivity index (χ0v) is 23.9. The number of aliphatic hydroxyl groups excluding tert-OH is 1. The number of aliphatic hydroxyl groups is 1. The molecule has 1 atom stereocenters. The number of benzene rings is 2. The van der Waals surface area contributed by atoms with Gasteiger partial charge in [-0.05, 0) is 43.2 Å². The topological polar surface area (TPSA) is 124 Å². The first-order chi connectivity index (χ1) is 19.7. The molecule has 3 aromatic rings. The third-order valence-electron chi connectivity index (χ3n) is 6.26. The van der Waals surface area contributed by atoms with Crippen molar-refractivity contribution in [2.75, 3.05) is 32.3 Å². The number of rotatable bonds is 11. The van der Waals surface area contributed by atoms with E-state index >= 15 is 0 Å². The molecule has 1 amide bonds. The van der Waals surface area contributed by atoms with Crippen LogP contribution in [-0.2, 0) is 14.3 Å². The number of hydrogen-bond donors (Lipinski definition) is 1. The largest absolute Gasteiger partial charge is 0.507 e. The van der Waals surface area contributed by atoms with Gasteiger partial charge in [0.1, 0.15) is 23.0 Å². The number of nitrogens with zero attached hydrogens (tertiary/aromatic N) is 2. The summed E-state index contributed by atoms with van der Waals surface area (Å²) in [6.07, 6.45) is 2.23. The Bertz CT molecular complexity index is 1530. The predicted octanol–water partition coefficient (Wildman–Crippen LogP) is 5.23. The average Bonchev–Trinajstić information content (AvgIpc) is 3.50. The Kier molecular flexibility index (Phi) is 9.08. The number of aromatic nitrogens is 1. The van der Waals surface area contributed by atoms with E-state index in [1.807, 2.05) is 6.92 Å². The number of amides is 1. The van der Waals surface area contributed by atoms with Crippen LogP contribution in [0.1, 0.15) is 45.9 Å². The monoisotopic (exact) mass is 578 g/mol. The lowest BCUT2D eigenvalue weighted by atomic mass is 9.95. The Labute approximate surface area is 241 Å². The van der Waals surface area contributed by atoms with Crippen LogP contribution in [0, 0.1) is 6.92 Å². The minimum absolute atomic E-state index is 0.00268. The van der Waals surface area contributed by atoms with Crippen molar-refractivity contribution in [3.05, 3.63) is 82.4 Å². The molecule has 1 saturated heterocycles. The summed E-state index contributed by atoms with van der Waals surface area (Å²) in [6.45, 7) is 7.59. The van der Waals surface area contributed by atoms with Crippen molar-refractivity contribution in [1.29, 1.82) is 0 Å². The van der Waals surface area contributed by atoms with Gasteiger partial charge in [-0.15, -0.1) is 0 Å². The highest BCUT2D eigenvalue weighted by Crippen LogP contribution is 2.45. The van der Waals surface area contributed by atoms with Crippen LogP contribution in [-0.4, -0.2) is 55.2 Å². The normalized spacial score (nSPS) is 16.0. The number of thiazole rings is 1. The molecule has 2 aromatic carbocycles. The molecule has 1 unspecified atom stereocenters. The van der Waals surface area contributed by atoms with Crippen molar-refractivity contribution < 1.29 is 38.4 Å². The van der Waals surface area contributed by atoms with E-state index < -0.39 is 23.7 Å². The summed E-state index contributed by atoms with van der Waals surface area (Å²) in [7, 11) is 2.95. The Morgan fingerprint density at radius 1 is 1.15 bits per heavy atom. The van der Waals surface area contributed by atoms with Crippen molar-refractivity contribution in [3.63, 3.8) is 0 Å². The second-order valence-corrected chi connectivity index (χ2v) is 9.94. The van der Waals surface area contributed by atoms with Gasteiger partial charge < -0.3 is 24.1 Å². The van der Waals surface area contributed by atoms with E-state index in [9.17, 15) is 19.5 Å². The van der Waals surface area contributed by atoms with Crippen LogP contribution in [0.25, 0.3) is 5.76 Å². The summed E-state index contributed by atoms with van der Waals surface area (Å²) < 4.78 is 21.7. The third-order valence-corrected chi connectivity index (χ3v) is 7.39. The molecular formula is C30H30N2O8S. The maximum absolute atomic E-state index is 13.6. The number of carbonyl (C=O) groups is 3. The van der Waals surface area contributed by atoms with E-state index in [0.717, 1.165) is 17.8 Å². The molecule has 0 spiro atoms. The predicted molar refractivity (Wildman–Crippen MR) is 154 cm³/mol. The van der Waals surface area contributed by atoms with Crippen LogP contribution < -0.4 is 19.1 Å². The van der Waals surface area contributed by atoms with Gasteiger partial charge in [0.15, 0.2) is 16.6 Å². The lowest BCUT2D eigenvalue weighted by Gasteiger charge is -2.24. The molecule has 1 aliphatic heterocycles. The number of aryl methyl sites for hydroxylation is 1. The fourth-order valence-corrected chi connectivity index (χ4v) is 5.34. The number of anilines is 1. The van der Waals surface area contributed by atoms with E-state index in [2.05, 4.69) is 11.6 Å². The number of methoxy groups -OCH3 is 2. The van der Waals surface area contributed by atoms with Gasteiger partial charge in [-0.2, -0.15) is 0 Å². The minimum Gasteiger partial charge on any atom is -0.507 e. The van der Waals surface area contributed by atoms with Crippen LogP contribution in [0.15, 0.2) is 60.7 Å². The van der Waals surface area contributed by atoms with Gasteiger partial charge >= 0.3 is 11.9 Å². The van der Waals surface area contributed by atoms with Gasteiger partial charge in [-0.25, -0.2) is 9.78 Å². The van der Waals surface area contributed by atoms with E-state index in [0.29, 0.717) is 40.7 Å². The highest BCUT2D eigenvalue weighted by Gasteiger charge is 2.48. The van der Waals surface area contributed by atoms with Gasteiger partial charge in [0, 0.05) is 5.56 Å². The van der Waals surface area contributed by atoms with Crippen LogP contribution in [0.3, 0.4) is 0 Å². The van der Waals surface area contributed by atoms with Crippen molar-refractivity contribution in [2.24, 2.45) is 0 Å². The molecule has 10 nitrogen and oxygen atoms in total. The second-order valence-electron chi connectivity index (χ2n) is 8.96. The fourth-order valence-electron chi connectivity index (χ4n) is 4.35. The lowest BCUT2D eigenvalue weighted by Crippen LogP contribution is -2.29. The molecular weight excluding hydrogens is 548 g/mol. The molecule has 1 fully saturated rings. The highest BCUT2D eigenvalue weighted by molar-refractivity contribution is 7.17. The smallest absolute Gasteiger partial charge is 0.350 e. The Hall–Kier alpha value is -4.64. The summed E-state index contributed by atoms with van der Waals surface area (Å²) in [5, 5.41) is 11.6. The molecule has 4 rings (SSSR count). The first kappa shape index (κ1) is 29.3. The molecule has 1 aromatic heterocycles. The maximum Gasteiger partial charge on any atom is 0.350 e. The second kappa shape index (κ2) is 12.7. The summed E-state index contributed by atoms with van der Waals surface area (Å²) in [5.74, 6) is -1.54. The highest BCUT2D eigenvalue weighted by atomic mass is 32.1. The van der Waals surface area contributed by atoms with Gasteiger partial charge in [0.2, 0.25) is 0 Å². The Balaban J connectivity index is 1.90. The van der Waals surface area contributed by atoms with Crippen LogP contribution >= 0.6 is 11.3 Å². The quantitative estimate of drug-likeness (QED) is 0.107. The fraction of sp³-hybridized carbons (Fsp3) is 0.267. The SMILES string of the molecule is C=CCOC(=O)c1sc(N2C(=O)C(=O)/C(=C(/O)c3cccc(OCCC)c3)C2c2ccc(OC)c(OC)c2)nc1C. The zero-order chi connectivity index (χ0) is 29.7. The zero-order valence-electron chi connectivity index (χ0n) is 23.1. The number of Topliss-reactive ketones (excluding diaryl/α,β-unsaturated/α-hetero) is 1. The summed E-state index contributed by atoms with van der Waals surface area (Å²) in [5.41, 5.74) is 0.919. The van der Waals surface area contributed by atoms with E-state index in [-0.39, 0.29) is 27.9 Å². The molecule has 1 aliphatic rings. The van der Waals surface area contributed by atoms with Crippen LogP contribution in [0.2, 0.25) is 0 Å². The number of esters is 1. The summed E-state index contributed by atoms with van der Waals surface area (Å²) >= 11 is 0.911. The summed E-state index contributed by atoms with van der Waals surface area (Å²) in [6, 6.07) is 10.5. The minimum atomic E-state index is -1.10. The first-order valence-electron chi connectivity index (χ1n) is 12.8. The van der Waals surface area contributed by atoms with Gasteiger partial charge in [0.25, 0.3) is 5.78 Å². The van der Waals surface area contributed by atoms with E-state index in [1.165, 1.54) is 25.2 Å². The Morgan fingerprint density at radius 2 is 1.90 bits per heavy atom. The molecule has 0 saturated carbocycles. The maximum atomic E-state index is 13.6. The number of ketones is 1. The van der Waals surface area contributed by atoms with Crippen LogP contribution in [0.5, 0.6) is 17.2 Å². The Morgan fingerprint density at radius 3 is 2.59 bits per heavy atom. The molecule has 0 radical (unpaired) electrons. The average molecular weight is 579 g/mol. The lowest BCUT2D eigenvalue weighted by molar-refractivity contribution is -0.132. The first-order valence-corrected chi connectivity index (χ1v) is 13.6. The van der Waals surface area contributed by atoms with Crippen molar-refractivity contribution in [2.45, 2.75) is 26.3 Å².